The minimum absolute atomic E-state index is 0.00696. The van der Waals surface area contributed by atoms with Crippen LogP contribution >= 0.6 is 0 Å². The van der Waals surface area contributed by atoms with Gasteiger partial charge in [-0.2, -0.15) is 0 Å². The highest BCUT2D eigenvalue weighted by molar-refractivity contribution is 5.77. The zero-order chi connectivity index (χ0) is 18.5. The highest BCUT2D eigenvalue weighted by atomic mass is 16.7. The fourth-order valence-electron chi connectivity index (χ4n) is 3.86. The quantitative estimate of drug-likeness (QED) is 0.818. The lowest BCUT2D eigenvalue weighted by Gasteiger charge is -2.19. The topological polar surface area (TPSA) is 50.8 Å². The summed E-state index contributed by atoms with van der Waals surface area (Å²) >= 11 is 0. The van der Waals surface area contributed by atoms with Gasteiger partial charge < -0.3 is 19.7 Å². The van der Waals surface area contributed by atoms with Gasteiger partial charge in [-0.25, -0.2) is 0 Å². The maximum Gasteiger partial charge on any atom is 0.231 e. The largest absolute Gasteiger partial charge is 0.454 e. The molecule has 1 amide bonds. The van der Waals surface area contributed by atoms with E-state index < -0.39 is 0 Å². The standard InChI is InChI=1S/C22H26N2O3/c25-22(23-10-13-24-11-4-5-12-24)15-19(17-6-2-1-3-7-17)18-8-9-20-21(14-18)27-16-26-20/h1-3,6-9,14,19H,4-5,10-13,15-16H2,(H,23,25)/t19-/m1/s1. The average Bonchev–Trinajstić information content (AvgIpc) is 3.38. The van der Waals surface area contributed by atoms with Gasteiger partial charge in [-0.15, -0.1) is 0 Å². The second-order valence-electron chi connectivity index (χ2n) is 7.18. The van der Waals surface area contributed by atoms with E-state index in [1.165, 1.54) is 12.8 Å². The number of nitrogens with one attached hydrogen (secondary N) is 1. The van der Waals surface area contributed by atoms with E-state index in [-0.39, 0.29) is 18.6 Å². The number of ether oxygens (including phenoxy) is 2. The smallest absolute Gasteiger partial charge is 0.231 e. The zero-order valence-corrected chi connectivity index (χ0v) is 15.5. The van der Waals surface area contributed by atoms with Crippen molar-refractivity contribution in [1.29, 1.82) is 0 Å². The summed E-state index contributed by atoms with van der Waals surface area (Å²) in [6.45, 7) is 4.21. The molecule has 5 nitrogen and oxygen atoms in total. The number of carbonyl (C=O) groups excluding carboxylic acids is 1. The van der Waals surface area contributed by atoms with E-state index >= 15 is 0 Å². The van der Waals surface area contributed by atoms with E-state index in [1.54, 1.807) is 0 Å². The molecule has 27 heavy (non-hydrogen) atoms. The average molecular weight is 366 g/mol. The van der Waals surface area contributed by atoms with Gasteiger partial charge in [-0.3, -0.25) is 4.79 Å². The number of rotatable bonds is 7. The van der Waals surface area contributed by atoms with Gasteiger partial charge in [0.05, 0.1) is 0 Å². The highest BCUT2D eigenvalue weighted by Crippen LogP contribution is 2.37. The first-order chi connectivity index (χ1) is 13.3. The predicted molar refractivity (Wildman–Crippen MR) is 104 cm³/mol. The summed E-state index contributed by atoms with van der Waals surface area (Å²) in [5.41, 5.74) is 2.20. The van der Waals surface area contributed by atoms with Crippen molar-refractivity contribution in [2.75, 3.05) is 33.0 Å². The van der Waals surface area contributed by atoms with Gasteiger partial charge in [0.2, 0.25) is 12.7 Å². The normalized spacial score (nSPS) is 17.0. The van der Waals surface area contributed by atoms with Crippen LogP contribution in [0.1, 0.15) is 36.3 Å². The molecular formula is C22H26N2O3. The number of carbonyl (C=O) groups is 1. The van der Waals surface area contributed by atoms with Gasteiger partial charge in [0.25, 0.3) is 0 Å². The van der Waals surface area contributed by atoms with Crippen molar-refractivity contribution in [3.8, 4) is 11.5 Å². The number of likely N-dealkylation sites (tertiary alicyclic amines) is 1. The van der Waals surface area contributed by atoms with E-state index in [9.17, 15) is 4.79 Å². The van der Waals surface area contributed by atoms with Gasteiger partial charge in [-0.05, 0) is 49.2 Å². The Bertz CT molecular complexity index is 772. The Labute approximate surface area is 160 Å². The number of amides is 1. The maximum atomic E-state index is 12.6. The molecule has 0 spiro atoms. The monoisotopic (exact) mass is 366 g/mol. The molecule has 4 rings (SSSR count). The minimum atomic E-state index is -0.00696. The Hall–Kier alpha value is -2.53. The van der Waals surface area contributed by atoms with Gasteiger partial charge >= 0.3 is 0 Å². The van der Waals surface area contributed by atoms with Crippen molar-refractivity contribution in [2.24, 2.45) is 0 Å². The third kappa shape index (κ3) is 4.42. The molecule has 0 aromatic heterocycles. The molecule has 0 radical (unpaired) electrons. The molecule has 1 N–H and O–H groups in total. The van der Waals surface area contributed by atoms with Crippen molar-refractivity contribution in [1.82, 2.24) is 10.2 Å². The molecular weight excluding hydrogens is 340 g/mol. The van der Waals surface area contributed by atoms with Crippen LogP contribution in [-0.2, 0) is 4.79 Å². The minimum Gasteiger partial charge on any atom is -0.454 e. The summed E-state index contributed by atoms with van der Waals surface area (Å²) < 4.78 is 10.9. The first-order valence-corrected chi connectivity index (χ1v) is 9.73. The van der Waals surface area contributed by atoms with Crippen LogP contribution in [0.25, 0.3) is 0 Å². The molecule has 2 aromatic carbocycles. The fraction of sp³-hybridized carbons (Fsp3) is 0.409. The Morgan fingerprint density at radius 3 is 2.59 bits per heavy atom. The lowest BCUT2D eigenvalue weighted by atomic mass is 9.88. The second-order valence-corrected chi connectivity index (χ2v) is 7.18. The summed E-state index contributed by atoms with van der Waals surface area (Å²) in [4.78, 5) is 15.0. The molecule has 0 bridgehead atoms. The summed E-state index contributed by atoms with van der Waals surface area (Å²) in [5, 5.41) is 3.10. The van der Waals surface area contributed by atoms with Crippen LogP contribution in [0.3, 0.4) is 0 Å². The summed E-state index contributed by atoms with van der Waals surface area (Å²) in [6.07, 6.45) is 2.96. The predicted octanol–water partition coefficient (Wildman–Crippen LogP) is 3.15. The Morgan fingerprint density at radius 2 is 1.78 bits per heavy atom. The number of hydrogen-bond acceptors (Lipinski definition) is 4. The number of fused-ring (bicyclic) bond motifs is 1. The third-order valence-corrected chi connectivity index (χ3v) is 5.34. The fourth-order valence-corrected chi connectivity index (χ4v) is 3.86. The summed E-state index contributed by atoms with van der Waals surface area (Å²) in [6, 6.07) is 16.1. The van der Waals surface area contributed by atoms with Crippen LogP contribution in [0.4, 0.5) is 0 Å². The van der Waals surface area contributed by atoms with Gasteiger partial charge in [0.1, 0.15) is 0 Å². The van der Waals surface area contributed by atoms with Crippen molar-refractivity contribution >= 4 is 5.91 Å². The SMILES string of the molecule is O=C(C[C@H](c1ccccc1)c1ccc2c(c1)OCO2)NCCN1CCCC1. The van der Waals surface area contributed by atoms with E-state index in [4.69, 9.17) is 9.47 Å². The van der Waals surface area contributed by atoms with Crippen LogP contribution in [0.2, 0.25) is 0 Å². The van der Waals surface area contributed by atoms with Crippen LogP contribution in [0.15, 0.2) is 48.5 Å². The van der Waals surface area contributed by atoms with E-state index in [1.807, 2.05) is 36.4 Å². The molecule has 2 aromatic rings. The number of nitrogens with zero attached hydrogens (tertiary/aromatic N) is 1. The Kier molecular flexibility index (Phi) is 5.58. The molecule has 0 unspecified atom stereocenters. The lowest BCUT2D eigenvalue weighted by molar-refractivity contribution is -0.121. The van der Waals surface area contributed by atoms with Crippen LogP contribution in [-0.4, -0.2) is 43.8 Å². The second kappa shape index (κ2) is 8.44. The molecule has 1 saturated heterocycles. The molecule has 0 saturated carbocycles. The van der Waals surface area contributed by atoms with Crippen LogP contribution in [0.5, 0.6) is 11.5 Å². The first-order valence-electron chi connectivity index (χ1n) is 9.73. The van der Waals surface area contributed by atoms with E-state index in [0.717, 1.165) is 42.3 Å². The Balaban J connectivity index is 1.44. The molecule has 0 aliphatic carbocycles. The number of benzene rings is 2. The molecule has 2 aliphatic rings. The lowest BCUT2D eigenvalue weighted by Crippen LogP contribution is -2.34. The van der Waals surface area contributed by atoms with E-state index in [0.29, 0.717) is 13.0 Å². The van der Waals surface area contributed by atoms with Gasteiger partial charge in [0.15, 0.2) is 11.5 Å². The van der Waals surface area contributed by atoms with Gasteiger partial charge in [0, 0.05) is 25.4 Å². The van der Waals surface area contributed by atoms with Crippen molar-refractivity contribution in [3.05, 3.63) is 59.7 Å². The van der Waals surface area contributed by atoms with Crippen LogP contribution in [0, 0.1) is 0 Å². The zero-order valence-electron chi connectivity index (χ0n) is 15.5. The maximum absolute atomic E-state index is 12.6. The first kappa shape index (κ1) is 17.9. The van der Waals surface area contributed by atoms with Crippen molar-refractivity contribution < 1.29 is 14.3 Å². The number of hydrogen-bond donors (Lipinski definition) is 1. The Morgan fingerprint density at radius 1 is 1.00 bits per heavy atom. The molecule has 1 fully saturated rings. The molecule has 1 atom stereocenters. The highest BCUT2D eigenvalue weighted by Gasteiger charge is 2.22. The van der Waals surface area contributed by atoms with Crippen molar-refractivity contribution in [3.63, 3.8) is 0 Å². The molecule has 5 heteroatoms. The van der Waals surface area contributed by atoms with E-state index in [2.05, 4.69) is 22.3 Å². The van der Waals surface area contributed by atoms with Gasteiger partial charge in [-0.1, -0.05) is 36.4 Å². The summed E-state index contributed by atoms with van der Waals surface area (Å²) in [7, 11) is 0. The molecule has 2 aliphatic heterocycles. The van der Waals surface area contributed by atoms with Crippen molar-refractivity contribution in [2.45, 2.75) is 25.2 Å². The summed E-state index contributed by atoms with van der Waals surface area (Å²) in [5.74, 6) is 1.59. The molecule has 2 heterocycles. The third-order valence-electron chi connectivity index (χ3n) is 5.34. The van der Waals surface area contributed by atoms with Crippen LogP contribution < -0.4 is 14.8 Å². The molecule has 142 valence electrons.